The van der Waals surface area contributed by atoms with Gasteiger partial charge in [-0.2, -0.15) is 12.6 Å². The Morgan fingerprint density at radius 1 is 0.947 bits per heavy atom. The summed E-state index contributed by atoms with van der Waals surface area (Å²) in [5, 5.41) is 26.7. The van der Waals surface area contributed by atoms with Crippen molar-refractivity contribution in [2.75, 3.05) is 5.75 Å². The lowest BCUT2D eigenvalue weighted by Crippen LogP contribution is -2.58. The van der Waals surface area contributed by atoms with Crippen LogP contribution in [0.3, 0.4) is 0 Å². The van der Waals surface area contributed by atoms with Gasteiger partial charge in [-0.3, -0.25) is 19.2 Å². The average Bonchev–Trinajstić information content (AvgIpc) is 3.27. The van der Waals surface area contributed by atoms with Gasteiger partial charge in [-0.05, 0) is 30.4 Å². The van der Waals surface area contributed by atoms with Crippen molar-refractivity contribution in [1.29, 1.82) is 0 Å². The van der Waals surface area contributed by atoms with E-state index in [1.165, 1.54) is 0 Å². The Hall–Kier alpha value is -3.58. The van der Waals surface area contributed by atoms with E-state index in [0.29, 0.717) is 0 Å². The predicted molar refractivity (Wildman–Crippen MR) is 144 cm³/mol. The number of amides is 3. The Kier molecular flexibility index (Phi) is 11.6. The maximum Gasteiger partial charge on any atom is 0.326 e. The lowest BCUT2D eigenvalue weighted by molar-refractivity contribution is -0.143. The van der Waals surface area contributed by atoms with Crippen LogP contribution in [0.4, 0.5) is 0 Å². The minimum Gasteiger partial charge on any atom is -0.481 e. The number of nitrogens with one attached hydrogen (secondary N) is 4. The number of aromatic nitrogens is 1. The molecule has 12 nitrogen and oxygen atoms in total. The van der Waals surface area contributed by atoms with Crippen molar-refractivity contribution in [3.63, 3.8) is 0 Å². The summed E-state index contributed by atoms with van der Waals surface area (Å²) in [5.74, 6) is -4.60. The van der Waals surface area contributed by atoms with Crippen LogP contribution in [0.5, 0.6) is 0 Å². The van der Waals surface area contributed by atoms with Gasteiger partial charge in [-0.1, -0.05) is 32.0 Å². The first-order valence-corrected chi connectivity index (χ1v) is 12.8. The number of carbonyl (C=O) groups excluding carboxylic acids is 3. The Morgan fingerprint density at radius 2 is 1.55 bits per heavy atom. The van der Waals surface area contributed by atoms with E-state index in [-0.39, 0.29) is 37.4 Å². The number of aliphatic carboxylic acids is 2. The van der Waals surface area contributed by atoms with Crippen LogP contribution in [-0.2, 0) is 30.4 Å². The Labute approximate surface area is 225 Å². The summed E-state index contributed by atoms with van der Waals surface area (Å²) >= 11 is 4.12. The smallest absolute Gasteiger partial charge is 0.326 e. The highest BCUT2D eigenvalue weighted by atomic mass is 32.1. The summed E-state index contributed by atoms with van der Waals surface area (Å²) in [6.45, 7) is 3.66. The molecule has 0 fully saturated rings. The van der Waals surface area contributed by atoms with Crippen LogP contribution in [-0.4, -0.2) is 74.8 Å². The third kappa shape index (κ3) is 9.06. The number of benzene rings is 1. The molecule has 0 aliphatic carbocycles. The van der Waals surface area contributed by atoms with Crippen molar-refractivity contribution in [1.82, 2.24) is 20.9 Å². The van der Waals surface area contributed by atoms with E-state index < -0.39 is 53.8 Å². The molecule has 38 heavy (non-hydrogen) atoms. The number of rotatable bonds is 15. The quantitative estimate of drug-likeness (QED) is 0.146. The van der Waals surface area contributed by atoms with Crippen LogP contribution >= 0.6 is 12.6 Å². The molecule has 0 aliphatic rings. The molecule has 2 rings (SSSR count). The number of para-hydroxylation sites is 1. The summed E-state index contributed by atoms with van der Waals surface area (Å²) < 4.78 is 0. The molecule has 4 unspecified atom stereocenters. The number of thiol groups is 1. The second-order valence-corrected chi connectivity index (χ2v) is 9.80. The summed E-state index contributed by atoms with van der Waals surface area (Å²) in [7, 11) is 0. The third-order valence-corrected chi connectivity index (χ3v) is 6.24. The van der Waals surface area contributed by atoms with Crippen molar-refractivity contribution < 1.29 is 34.2 Å². The normalized spacial score (nSPS) is 14.3. The number of hydrogen-bond donors (Lipinski definition) is 8. The maximum atomic E-state index is 13.2. The van der Waals surface area contributed by atoms with Gasteiger partial charge in [0.1, 0.15) is 18.1 Å². The van der Waals surface area contributed by atoms with Crippen molar-refractivity contribution >= 4 is 53.2 Å². The molecular weight excluding hydrogens is 514 g/mol. The largest absolute Gasteiger partial charge is 0.481 e. The molecule has 2 aromatic rings. The van der Waals surface area contributed by atoms with Gasteiger partial charge in [-0.25, -0.2) is 4.79 Å². The van der Waals surface area contributed by atoms with Crippen LogP contribution in [0.1, 0.15) is 38.7 Å². The van der Waals surface area contributed by atoms with E-state index in [9.17, 15) is 29.1 Å². The molecule has 1 aromatic carbocycles. The lowest BCUT2D eigenvalue weighted by Gasteiger charge is -2.25. The molecule has 0 saturated heterocycles. The Morgan fingerprint density at radius 3 is 2.16 bits per heavy atom. The molecule has 0 bridgehead atoms. The van der Waals surface area contributed by atoms with Crippen molar-refractivity contribution in [3.8, 4) is 0 Å². The number of fused-ring (bicyclic) bond motifs is 1. The second kappa shape index (κ2) is 14.4. The second-order valence-electron chi connectivity index (χ2n) is 9.44. The summed E-state index contributed by atoms with van der Waals surface area (Å²) in [4.78, 5) is 64.3. The standard InChI is InChI=1S/C25H35N5O7S/c1-13(2)9-19(25(36)37)29-23(34)18(10-14-11-27-17-6-4-3-5-15(14)17)28-24(35)20(12-38)30-22(33)16(26)7-8-21(31)32/h3-6,11,13,16,18-20,27,38H,7-10,12,26H2,1-2H3,(H,28,35)(H,29,34)(H,30,33)(H,31,32)(H,36,37). The minimum atomic E-state index is -1.19. The lowest BCUT2D eigenvalue weighted by atomic mass is 10.0. The average molecular weight is 550 g/mol. The first-order valence-electron chi connectivity index (χ1n) is 12.2. The zero-order valence-electron chi connectivity index (χ0n) is 21.3. The molecule has 8 N–H and O–H groups in total. The van der Waals surface area contributed by atoms with Gasteiger partial charge in [0.2, 0.25) is 17.7 Å². The first kappa shape index (κ1) is 30.6. The van der Waals surface area contributed by atoms with Gasteiger partial charge in [0, 0.05) is 35.7 Å². The zero-order valence-corrected chi connectivity index (χ0v) is 22.2. The van der Waals surface area contributed by atoms with Crippen LogP contribution in [0.25, 0.3) is 10.9 Å². The Bertz CT molecular complexity index is 1150. The number of hydrogen-bond acceptors (Lipinski definition) is 7. The van der Waals surface area contributed by atoms with Gasteiger partial charge in [-0.15, -0.1) is 0 Å². The predicted octanol–water partition coefficient (Wildman–Crippen LogP) is 0.417. The first-order chi connectivity index (χ1) is 17.9. The van der Waals surface area contributed by atoms with Gasteiger partial charge in [0.15, 0.2) is 0 Å². The molecule has 208 valence electrons. The molecule has 13 heteroatoms. The molecule has 0 aliphatic heterocycles. The van der Waals surface area contributed by atoms with Crippen molar-refractivity contribution in [2.45, 2.75) is 63.7 Å². The highest BCUT2D eigenvalue weighted by Gasteiger charge is 2.31. The van der Waals surface area contributed by atoms with E-state index in [2.05, 4.69) is 33.6 Å². The minimum absolute atomic E-state index is 0.00725. The van der Waals surface area contributed by atoms with Crippen LogP contribution in [0.2, 0.25) is 0 Å². The van der Waals surface area contributed by atoms with E-state index in [4.69, 9.17) is 10.8 Å². The number of carbonyl (C=O) groups is 5. The zero-order chi connectivity index (χ0) is 28.4. The fraction of sp³-hybridized carbons (Fsp3) is 0.480. The number of carboxylic acids is 2. The highest BCUT2D eigenvalue weighted by molar-refractivity contribution is 7.80. The number of aromatic amines is 1. The maximum absolute atomic E-state index is 13.2. The molecule has 0 spiro atoms. The monoisotopic (exact) mass is 549 g/mol. The van der Waals surface area contributed by atoms with Crippen molar-refractivity contribution in [2.24, 2.45) is 11.7 Å². The van der Waals surface area contributed by atoms with E-state index in [1.54, 1.807) is 6.20 Å². The van der Waals surface area contributed by atoms with Gasteiger partial charge in [0.05, 0.1) is 6.04 Å². The SMILES string of the molecule is CC(C)CC(NC(=O)C(Cc1c[nH]c2ccccc12)NC(=O)C(CS)NC(=O)C(N)CCC(=O)O)C(=O)O. The van der Waals surface area contributed by atoms with Crippen LogP contribution in [0.15, 0.2) is 30.5 Å². The molecule has 1 heterocycles. The van der Waals surface area contributed by atoms with Gasteiger partial charge in [0.25, 0.3) is 0 Å². The molecule has 0 saturated carbocycles. The molecule has 1 aromatic heterocycles. The number of H-pyrrole nitrogens is 1. The molecule has 3 amide bonds. The number of nitrogens with two attached hydrogens (primary N) is 1. The topological polar surface area (TPSA) is 204 Å². The van der Waals surface area contributed by atoms with E-state index in [1.807, 2.05) is 38.1 Å². The summed E-state index contributed by atoms with van der Waals surface area (Å²) in [5.41, 5.74) is 7.28. The molecular formula is C25H35N5O7S. The van der Waals surface area contributed by atoms with E-state index in [0.717, 1.165) is 16.5 Å². The third-order valence-electron chi connectivity index (χ3n) is 5.88. The van der Waals surface area contributed by atoms with Crippen LogP contribution in [0, 0.1) is 5.92 Å². The van der Waals surface area contributed by atoms with Crippen molar-refractivity contribution in [3.05, 3.63) is 36.0 Å². The van der Waals surface area contributed by atoms with E-state index >= 15 is 0 Å². The van der Waals surface area contributed by atoms with Gasteiger partial charge >= 0.3 is 11.9 Å². The molecule has 0 radical (unpaired) electrons. The molecule has 4 atom stereocenters. The highest BCUT2D eigenvalue weighted by Crippen LogP contribution is 2.19. The fourth-order valence-electron chi connectivity index (χ4n) is 3.85. The van der Waals surface area contributed by atoms with Gasteiger partial charge < -0.3 is 36.9 Å². The number of carboxylic acid groups (broad SMARTS) is 2. The fourth-order valence-corrected chi connectivity index (χ4v) is 4.11. The Balaban J connectivity index is 2.23. The van der Waals surface area contributed by atoms with Crippen LogP contribution < -0.4 is 21.7 Å². The summed E-state index contributed by atoms with van der Waals surface area (Å²) in [6.07, 6.45) is 1.50. The summed E-state index contributed by atoms with van der Waals surface area (Å²) in [6, 6.07) is 2.73.